The molecule has 9 heteroatoms. The zero-order valence-corrected chi connectivity index (χ0v) is 26.3. The minimum absolute atomic E-state index is 0.0612. The molecule has 0 spiro atoms. The molecule has 1 atom stereocenters. The minimum atomic E-state index is -4.15. The first-order valence-corrected chi connectivity index (χ1v) is 16.3. The van der Waals surface area contributed by atoms with Crippen molar-refractivity contribution < 1.29 is 18.0 Å². The third kappa shape index (κ3) is 7.53. The molecule has 2 amide bonds. The van der Waals surface area contributed by atoms with Crippen LogP contribution in [-0.2, 0) is 26.2 Å². The number of anilines is 1. The molecule has 4 rings (SSSR count). The van der Waals surface area contributed by atoms with Crippen molar-refractivity contribution in [2.75, 3.05) is 10.8 Å². The highest BCUT2D eigenvalue weighted by atomic mass is 35.5. The van der Waals surface area contributed by atoms with Crippen LogP contribution in [0, 0.1) is 20.8 Å². The molecule has 3 aromatic rings. The highest BCUT2D eigenvalue weighted by Crippen LogP contribution is 2.29. The Bertz CT molecular complexity index is 1520. The topological polar surface area (TPSA) is 86.8 Å². The van der Waals surface area contributed by atoms with E-state index in [2.05, 4.69) is 5.32 Å². The van der Waals surface area contributed by atoms with Crippen molar-refractivity contribution in [3.05, 3.63) is 94.0 Å². The predicted octanol–water partition coefficient (Wildman–Crippen LogP) is 6.33. The zero-order valence-electron chi connectivity index (χ0n) is 24.8. The van der Waals surface area contributed by atoms with Crippen LogP contribution in [0.1, 0.15) is 61.3 Å². The van der Waals surface area contributed by atoms with Gasteiger partial charge in [0, 0.05) is 17.6 Å². The first-order chi connectivity index (χ1) is 20.0. The average molecular weight is 610 g/mol. The Morgan fingerprint density at radius 3 is 2.24 bits per heavy atom. The van der Waals surface area contributed by atoms with Crippen molar-refractivity contribution in [3.8, 4) is 0 Å². The van der Waals surface area contributed by atoms with Crippen LogP contribution in [0.3, 0.4) is 0 Å². The van der Waals surface area contributed by atoms with E-state index in [1.54, 1.807) is 37.3 Å². The van der Waals surface area contributed by atoms with Gasteiger partial charge in [-0.15, -0.1) is 0 Å². The van der Waals surface area contributed by atoms with E-state index in [9.17, 15) is 18.0 Å². The van der Waals surface area contributed by atoms with Gasteiger partial charge in [-0.1, -0.05) is 78.9 Å². The summed E-state index contributed by atoms with van der Waals surface area (Å²) in [6.45, 7) is 7.02. The van der Waals surface area contributed by atoms with E-state index in [0.717, 1.165) is 58.7 Å². The second-order valence-electron chi connectivity index (χ2n) is 11.2. The van der Waals surface area contributed by atoms with Crippen molar-refractivity contribution in [2.24, 2.45) is 0 Å². The van der Waals surface area contributed by atoms with Crippen LogP contribution in [0.5, 0.6) is 0 Å². The first kappa shape index (κ1) is 31.6. The van der Waals surface area contributed by atoms with Crippen LogP contribution >= 0.6 is 11.6 Å². The van der Waals surface area contributed by atoms with Gasteiger partial charge in [-0.05, 0) is 81.5 Å². The number of sulfonamides is 1. The fourth-order valence-electron chi connectivity index (χ4n) is 5.23. The predicted molar refractivity (Wildman–Crippen MR) is 168 cm³/mol. The van der Waals surface area contributed by atoms with E-state index in [-0.39, 0.29) is 29.1 Å². The molecule has 1 aliphatic rings. The molecule has 224 valence electrons. The maximum Gasteiger partial charge on any atom is 0.264 e. The monoisotopic (exact) mass is 609 g/mol. The number of hydrogen-bond donors (Lipinski definition) is 1. The summed E-state index contributed by atoms with van der Waals surface area (Å²) in [6, 6.07) is 18.4. The molecule has 1 N–H and O–H groups in total. The van der Waals surface area contributed by atoms with Gasteiger partial charge in [0.1, 0.15) is 12.6 Å². The van der Waals surface area contributed by atoms with Crippen molar-refractivity contribution in [1.29, 1.82) is 0 Å². The molecule has 0 aromatic heterocycles. The summed E-state index contributed by atoms with van der Waals surface area (Å²) in [5, 5.41) is 3.52. The number of amides is 2. The molecule has 0 bridgehead atoms. The molecular weight excluding hydrogens is 570 g/mol. The number of aryl methyl sites for hydroxylation is 3. The summed E-state index contributed by atoms with van der Waals surface area (Å²) in [5.74, 6) is -0.730. The second-order valence-corrected chi connectivity index (χ2v) is 13.5. The Hall–Kier alpha value is -3.36. The van der Waals surface area contributed by atoms with Gasteiger partial charge in [-0.2, -0.15) is 0 Å². The largest absolute Gasteiger partial charge is 0.352 e. The van der Waals surface area contributed by atoms with Crippen LogP contribution in [0.2, 0.25) is 5.02 Å². The Morgan fingerprint density at radius 1 is 0.929 bits per heavy atom. The molecule has 3 aromatic carbocycles. The summed E-state index contributed by atoms with van der Waals surface area (Å²) in [6.07, 6.45) is 5.13. The quantitative estimate of drug-likeness (QED) is 0.291. The Morgan fingerprint density at radius 2 is 1.60 bits per heavy atom. The van der Waals surface area contributed by atoms with Crippen molar-refractivity contribution >= 4 is 39.1 Å². The molecule has 0 aliphatic heterocycles. The molecule has 1 unspecified atom stereocenters. The van der Waals surface area contributed by atoms with Gasteiger partial charge in [0.15, 0.2) is 0 Å². The highest BCUT2D eigenvalue weighted by Gasteiger charge is 2.33. The summed E-state index contributed by atoms with van der Waals surface area (Å²) in [7, 11) is -4.15. The molecule has 0 heterocycles. The molecule has 1 fully saturated rings. The average Bonchev–Trinajstić information content (AvgIpc) is 2.97. The molecule has 0 saturated heterocycles. The Balaban J connectivity index is 1.70. The first-order valence-electron chi connectivity index (χ1n) is 14.5. The zero-order chi connectivity index (χ0) is 30.4. The summed E-state index contributed by atoms with van der Waals surface area (Å²) in [4.78, 5) is 29.2. The number of halogens is 1. The van der Waals surface area contributed by atoms with E-state index in [1.165, 1.54) is 17.0 Å². The van der Waals surface area contributed by atoms with Crippen LogP contribution in [0.15, 0.2) is 71.6 Å². The van der Waals surface area contributed by atoms with Gasteiger partial charge in [0.2, 0.25) is 11.8 Å². The fraction of sp³-hybridized carbons (Fsp3) is 0.394. The lowest BCUT2D eigenvalue weighted by Crippen LogP contribution is -2.53. The van der Waals surface area contributed by atoms with Crippen LogP contribution in [0.4, 0.5) is 5.69 Å². The lowest BCUT2D eigenvalue weighted by atomic mass is 9.95. The summed E-state index contributed by atoms with van der Waals surface area (Å²) in [5.41, 5.74) is 3.83. The van der Waals surface area contributed by atoms with Crippen LogP contribution in [0.25, 0.3) is 0 Å². The standard InChI is InChI=1S/C33H40ClN3O4S/c1-23-14-18-30(19-15-23)42(40,41)37(29-17-16-25(3)31(34)20-29)22-32(38)36(21-27-11-9-8-10-24(27)2)26(4)33(39)35-28-12-6-5-7-13-28/h8-11,14-20,26,28H,5-7,12-13,21-22H2,1-4H3,(H,35,39). The van der Waals surface area contributed by atoms with E-state index in [4.69, 9.17) is 11.6 Å². The SMILES string of the molecule is Cc1ccc(S(=O)(=O)N(CC(=O)N(Cc2ccccc2C)C(C)C(=O)NC2CCCCC2)c2ccc(C)c(Cl)c2)cc1. The van der Waals surface area contributed by atoms with Gasteiger partial charge < -0.3 is 10.2 Å². The molecule has 0 radical (unpaired) electrons. The smallest absolute Gasteiger partial charge is 0.264 e. The number of nitrogens with one attached hydrogen (secondary N) is 1. The molecule has 1 saturated carbocycles. The molecule has 7 nitrogen and oxygen atoms in total. The van der Waals surface area contributed by atoms with Crippen molar-refractivity contribution in [2.45, 2.75) is 83.3 Å². The van der Waals surface area contributed by atoms with Crippen LogP contribution in [-0.4, -0.2) is 43.8 Å². The van der Waals surface area contributed by atoms with Crippen molar-refractivity contribution in [1.82, 2.24) is 10.2 Å². The number of carbonyl (C=O) groups is 2. The fourth-order valence-corrected chi connectivity index (χ4v) is 6.81. The normalized spacial score (nSPS) is 14.7. The number of carbonyl (C=O) groups excluding carboxylic acids is 2. The molecule has 1 aliphatic carbocycles. The number of rotatable bonds is 10. The third-order valence-corrected chi connectivity index (χ3v) is 10.2. The maximum atomic E-state index is 14.2. The van der Waals surface area contributed by atoms with E-state index in [1.807, 2.05) is 45.0 Å². The van der Waals surface area contributed by atoms with Gasteiger partial charge in [-0.3, -0.25) is 13.9 Å². The lowest BCUT2D eigenvalue weighted by molar-refractivity contribution is -0.139. The number of hydrogen-bond acceptors (Lipinski definition) is 4. The molecular formula is C33H40ClN3O4S. The van der Waals surface area contributed by atoms with E-state index < -0.39 is 28.5 Å². The summed E-state index contributed by atoms with van der Waals surface area (Å²) < 4.78 is 29.1. The Kier molecular flexibility index (Phi) is 10.3. The van der Waals surface area contributed by atoms with E-state index in [0.29, 0.717) is 5.02 Å². The number of benzene rings is 3. The van der Waals surface area contributed by atoms with Crippen LogP contribution < -0.4 is 9.62 Å². The Labute approximate surface area is 254 Å². The maximum absolute atomic E-state index is 14.2. The number of nitrogens with zero attached hydrogens (tertiary/aromatic N) is 2. The highest BCUT2D eigenvalue weighted by molar-refractivity contribution is 7.92. The van der Waals surface area contributed by atoms with Gasteiger partial charge in [-0.25, -0.2) is 8.42 Å². The van der Waals surface area contributed by atoms with Gasteiger partial charge in [0.25, 0.3) is 10.0 Å². The summed E-state index contributed by atoms with van der Waals surface area (Å²) >= 11 is 6.41. The molecule has 42 heavy (non-hydrogen) atoms. The second kappa shape index (κ2) is 13.7. The van der Waals surface area contributed by atoms with Gasteiger partial charge in [0.05, 0.1) is 10.6 Å². The van der Waals surface area contributed by atoms with Crippen molar-refractivity contribution in [3.63, 3.8) is 0 Å². The third-order valence-electron chi connectivity index (χ3n) is 8.05. The lowest BCUT2D eigenvalue weighted by Gasteiger charge is -2.33. The minimum Gasteiger partial charge on any atom is -0.352 e. The van der Waals surface area contributed by atoms with E-state index >= 15 is 0 Å². The van der Waals surface area contributed by atoms with Gasteiger partial charge >= 0.3 is 0 Å².